The molecule has 2 aromatic rings. The molecule has 1 atom stereocenters. The summed E-state index contributed by atoms with van der Waals surface area (Å²) in [5.41, 5.74) is 0. The van der Waals surface area contributed by atoms with Crippen LogP contribution in [0.1, 0.15) is 24.6 Å². The second-order valence-corrected chi connectivity index (χ2v) is 4.88. The lowest BCUT2D eigenvalue weighted by atomic mass is 10.2. The fourth-order valence-corrected chi connectivity index (χ4v) is 1.98. The maximum absolute atomic E-state index is 5.36. The topological polar surface area (TPSA) is 46.2 Å². The first-order chi connectivity index (χ1) is 9.16. The summed E-state index contributed by atoms with van der Waals surface area (Å²) in [7, 11) is 4.13. The Morgan fingerprint density at radius 2 is 2.37 bits per heavy atom. The van der Waals surface area contributed by atoms with Gasteiger partial charge in [-0.05, 0) is 26.1 Å². The summed E-state index contributed by atoms with van der Waals surface area (Å²) < 4.78 is 7.42. The fourth-order valence-electron chi connectivity index (χ4n) is 1.98. The number of rotatable bonds is 7. The molecule has 0 bridgehead atoms. The molecule has 2 rings (SSSR count). The minimum atomic E-state index is 0.247. The molecule has 0 aliphatic heterocycles. The summed E-state index contributed by atoms with van der Waals surface area (Å²) in [4.78, 5) is 6.58. The van der Waals surface area contributed by atoms with Crippen molar-refractivity contribution in [2.45, 2.75) is 19.5 Å². The van der Waals surface area contributed by atoms with Crippen LogP contribution in [0.4, 0.5) is 0 Å². The SMILES string of the molecule is CC(NCCN(C)Cc1nccn1C)c1ccco1. The molecular weight excluding hydrogens is 240 g/mol. The molecule has 0 fully saturated rings. The molecule has 0 aliphatic carbocycles. The number of nitrogens with one attached hydrogen (secondary N) is 1. The van der Waals surface area contributed by atoms with Gasteiger partial charge in [0.1, 0.15) is 11.6 Å². The summed E-state index contributed by atoms with van der Waals surface area (Å²) >= 11 is 0. The second-order valence-electron chi connectivity index (χ2n) is 4.88. The van der Waals surface area contributed by atoms with Gasteiger partial charge >= 0.3 is 0 Å². The Labute approximate surface area is 114 Å². The molecule has 1 unspecified atom stereocenters. The number of hydrogen-bond donors (Lipinski definition) is 1. The lowest BCUT2D eigenvalue weighted by molar-refractivity contribution is 0.303. The Kier molecular flexibility index (Phi) is 4.76. The van der Waals surface area contributed by atoms with E-state index in [1.54, 1.807) is 6.26 Å². The van der Waals surface area contributed by atoms with Crippen LogP contribution in [-0.2, 0) is 13.6 Å². The number of aromatic nitrogens is 2. The van der Waals surface area contributed by atoms with E-state index < -0.39 is 0 Å². The Balaban J connectivity index is 1.69. The number of nitrogens with zero attached hydrogens (tertiary/aromatic N) is 3. The van der Waals surface area contributed by atoms with Crippen molar-refractivity contribution in [3.05, 3.63) is 42.4 Å². The van der Waals surface area contributed by atoms with Crippen LogP contribution in [0.5, 0.6) is 0 Å². The van der Waals surface area contributed by atoms with Crippen LogP contribution in [0.15, 0.2) is 35.2 Å². The molecular formula is C14H22N4O. The molecule has 2 aromatic heterocycles. The normalized spacial score (nSPS) is 13.1. The zero-order chi connectivity index (χ0) is 13.7. The van der Waals surface area contributed by atoms with E-state index in [1.165, 1.54) is 0 Å². The predicted octanol–water partition coefficient (Wildman–Crippen LogP) is 1.80. The summed E-state index contributed by atoms with van der Waals surface area (Å²) in [6.45, 7) is 4.86. The number of likely N-dealkylation sites (N-methyl/N-ethyl adjacent to an activating group) is 1. The summed E-state index contributed by atoms with van der Waals surface area (Å²) in [5, 5.41) is 3.45. The molecule has 0 aliphatic rings. The van der Waals surface area contributed by atoms with Crippen molar-refractivity contribution in [1.82, 2.24) is 19.8 Å². The van der Waals surface area contributed by atoms with Gasteiger partial charge in [-0.1, -0.05) is 0 Å². The average molecular weight is 262 g/mol. The van der Waals surface area contributed by atoms with Crippen molar-refractivity contribution in [3.8, 4) is 0 Å². The highest BCUT2D eigenvalue weighted by Crippen LogP contribution is 2.11. The van der Waals surface area contributed by atoms with Crippen molar-refractivity contribution >= 4 is 0 Å². The van der Waals surface area contributed by atoms with Gasteiger partial charge in [0.15, 0.2) is 0 Å². The Hall–Kier alpha value is -1.59. The highest BCUT2D eigenvalue weighted by atomic mass is 16.3. The Bertz CT molecular complexity index is 477. The first-order valence-electron chi connectivity index (χ1n) is 6.58. The van der Waals surface area contributed by atoms with E-state index in [2.05, 4.69) is 33.7 Å². The Morgan fingerprint density at radius 1 is 1.53 bits per heavy atom. The molecule has 0 saturated heterocycles. The van der Waals surface area contributed by atoms with Gasteiger partial charge < -0.3 is 14.3 Å². The molecule has 2 heterocycles. The highest BCUT2D eigenvalue weighted by Gasteiger charge is 2.08. The lowest BCUT2D eigenvalue weighted by Gasteiger charge is -2.18. The minimum Gasteiger partial charge on any atom is -0.468 e. The van der Waals surface area contributed by atoms with E-state index in [-0.39, 0.29) is 6.04 Å². The third-order valence-corrected chi connectivity index (χ3v) is 3.25. The minimum absolute atomic E-state index is 0.247. The van der Waals surface area contributed by atoms with Crippen molar-refractivity contribution in [2.24, 2.45) is 7.05 Å². The molecule has 19 heavy (non-hydrogen) atoms. The van der Waals surface area contributed by atoms with E-state index in [9.17, 15) is 0 Å². The first-order valence-corrected chi connectivity index (χ1v) is 6.58. The lowest BCUT2D eigenvalue weighted by Crippen LogP contribution is -2.31. The molecule has 0 amide bonds. The highest BCUT2D eigenvalue weighted by molar-refractivity contribution is 5.02. The van der Waals surface area contributed by atoms with Gasteiger partial charge in [-0.25, -0.2) is 4.98 Å². The van der Waals surface area contributed by atoms with E-state index in [4.69, 9.17) is 4.42 Å². The largest absolute Gasteiger partial charge is 0.468 e. The third kappa shape index (κ3) is 3.94. The first kappa shape index (κ1) is 13.8. The molecule has 0 radical (unpaired) electrons. The zero-order valence-electron chi connectivity index (χ0n) is 11.8. The van der Waals surface area contributed by atoms with Gasteiger partial charge in [-0.15, -0.1) is 0 Å². The summed E-state index contributed by atoms with van der Waals surface area (Å²) in [6.07, 6.45) is 5.52. The van der Waals surface area contributed by atoms with Crippen LogP contribution in [-0.4, -0.2) is 34.6 Å². The maximum Gasteiger partial charge on any atom is 0.122 e. The molecule has 5 heteroatoms. The van der Waals surface area contributed by atoms with Crippen LogP contribution in [0.25, 0.3) is 0 Å². The predicted molar refractivity (Wildman–Crippen MR) is 74.7 cm³/mol. The third-order valence-electron chi connectivity index (χ3n) is 3.25. The van der Waals surface area contributed by atoms with E-state index in [0.29, 0.717) is 0 Å². The van der Waals surface area contributed by atoms with Gasteiger partial charge in [0.25, 0.3) is 0 Å². The molecule has 0 spiro atoms. The maximum atomic E-state index is 5.36. The smallest absolute Gasteiger partial charge is 0.122 e. The molecule has 5 nitrogen and oxygen atoms in total. The van der Waals surface area contributed by atoms with E-state index >= 15 is 0 Å². The van der Waals surface area contributed by atoms with Crippen LogP contribution in [0.3, 0.4) is 0 Å². The molecule has 104 valence electrons. The van der Waals surface area contributed by atoms with Gasteiger partial charge in [0, 0.05) is 32.5 Å². The van der Waals surface area contributed by atoms with Crippen molar-refractivity contribution in [3.63, 3.8) is 0 Å². The number of furan rings is 1. The van der Waals surface area contributed by atoms with Crippen LogP contribution in [0.2, 0.25) is 0 Å². The molecule has 1 N–H and O–H groups in total. The summed E-state index contributed by atoms with van der Waals surface area (Å²) in [6, 6.07) is 4.16. The van der Waals surface area contributed by atoms with Crippen molar-refractivity contribution in [2.75, 3.05) is 20.1 Å². The summed E-state index contributed by atoms with van der Waals surface area (Å²) in [5.74, 6) is 2.06. The monoisotopic (exact) mass is 262 g/mol. The molecule has 0 saturated carbocycles. The van der Waals surface area contributed by atoms with E-state index in [1.807, 2.05) is 31.6 Å². The van der Waals surface area contributed by atoms with Gasteiger partial charge in [-0.2, -0.15) is 0 Å². The Morgan fingerprint density at radius 3 is 3.00 bits per heavy atom. The van der Waals surface area contributed by atoms with Gasteiger partial charge in [0.2, 0.25) is 0 Å². The number of aryl methyl sites for hydroxylation is 1. The van der Waals surface area contributed by atoms with Crippen LogP contribution < -0.4 is 5.32 Å². The van der Waals surface area contributed by atoms with Crippen molar-refractivity contribution < 1.29 is 4.42 Å². The molecule has 0 aromatic carbocycles. The van der Waals surface area contributed by atoms with Crippen molar-refractivity contribution in [1.29, 1.82) is 0 Å². The fraction of sp³-hybridized carbons (Fsp3) is 0.500. The average Bonchev–Trinajstić information content (AvgIpc) is 3.02. The van der Waals surface area contributed by atoms with Gasteiger partial charge in [-0.3, -0.25) is 4.90 Å². The number of hydrogen-bond acceptors (Lipinski definition) is 4. The second kappa shape index (κ2) is 6.54. The van der Waals surface area contributed by atoms with Crippen LogP contribution in [0, 0.1) is 0 Å². The van der Waals surface area contributed by atoms with Crippen LogP contribution >= 0.6 is 0 Å². The van der Waals surface area contributed by atoms with Gasteiger partial charge in [0.05, 0.1) is 18.8 Å². The van der Waals surface area contributed by atoms with E-state index in [0.717, 1.165) is 31.2 Å². The zero-order valence-corrected chi connectivity index (χ0v) is 11.8. The quantitative estimate of drug-likeness (QED) is 0.826. The number of imidazole rings is 1. The standard InChI is InChI=1S/C14H22N4O/c1-12(13-5-4-10-19-13)15-6-8-17(2)11-14-16-7-9-18(14)3/h4-5,7,9-10,12,15H,6,8,11H2,1-3H3.